The number of hydrogen-bond donors (Lipinski definition) is 3. The van der Waals surface area contributed by atoms with Crippen LogP contribution in [0.4, 0.5) is 9.52 Å². The lowest BCUT2D eigenvalue weighted by molar-refractivity contribution is -0.115. The molecular formula is C23H19ClFN5O3S. The van der Waals surface area contributed by atoms with Gasteiger partial charge in [0.2, 0.25) is 11.8 Å². The number of carbonyl (C=O) groups is 2. The predicted molar refractivity (Wildman–Crippen MR) is 129 cm³/mol. The van der Waals surface area contributed by atoms with E-state index in [1.54, 1.807) is 36.5 Å². The second-order valence-electron chi connectivity index (χ2n) is 7.26. The molecule has 2 aromatic heterocycles. The fourth-order valence-corrected chi connectivity index (χ4v) is 4.27. The molecule has 0 bridgehead atoms. The quantitative estimate of drug-likeness (QED) is 0.415. The number of amides is 2. The van der Waals surface area contributed by atoms with E-state index in [1.165, 1.54) is 29.7 Å². The third-order valence-electron chi connectivity index (χ3n) is 4.76. The molecule has 0 radical (unpaired) electrons. The first-order valence-corrected chi connectivity index (χ1v) is 11.3. The van der Waals surface area contributed by atoms with E-state index < -0.39 is 12.2 Å². The zero-order chi connectivity index (χ0) is 24.2. The van der Waals surface area contributed by atoms with Crippen molar-refractivity contribution in [2.75, 3.05) is 5.32 Å². The summed E-state index contributed by atoms with van der Waals surface area (Å²) in [5.74, 6) is -0.643. The predicted octanol–water partition coefficient (Wildman–Crippen LogP) is 4.37. The fraction of sp³-hybridized carbons (Fsp3) is 0.130. The van der Waals surface area contributed by atoms with Gasteiger partial charge in [0, 0.05) is 22.8 Å². The molecule has 174 valence electrons. The Morgan fingerprint density at radius 3 is 2.88 bits per heavy atom. The Labute approximate surface area is 203 Å². The van der Waals surface area contributed by atoms with Gasteiger partial charge in [0.25, 0.3) is 5.91 Å². The molecule has 3 heterocycles. The van der Waals surface area contributed by atoms with E-state index in [9.17, 15) is 14.0 Å². The Bertz CT molecular complexity index is 1320. The van der Waals surface area contributed by atoms with Crippen LogP contribution in [0.2, 0.25) is 5.02 Å². The van der Waals surface area contributed by atoms with E-state index in [2.05, 4.69) is 20.6 Å². The third-order valence-corrected chi connectivity index (χ3v) is 5.95. The molecule has 34 heavy (non-hydrogen) atoms. The van der Waals surface area contributed by atoms with Crippen molar-refractivity contribution < 1.29 is 18.7 Å². The number of pyridine rings is 1. The molecule has 1 unspecified atom stereocenters. The minimum absolute atomic E-state index is 0.0393. The van der Waals surface area contributed by atoms with Crippen molar-refractivity contribution in [3.05, 3.63) is 81.6 Å². The lowest BCUT2D eigenvalue weighted by Crippen LogP contribution is -2.19. The molecule has 0 saturated heterocycles. The zero-order valence-corrected chi connectivity index (χ0v) is 19.4. The molecule has 0 spiro atoms. The Hall–Kier alpha value is -3.76. The number of ether oxygens (including phenoxy) is 1. The summed E-state index contributed by atoms with van der Waals surface area (Å²) in [4.78, 5) is 33.5. The van der Waals surface area contributed by atoms with E-state index in [1.807, 2.05) is 6.92 Å². The number of nitrogens with two attached hydrogens (primary N) is 1. The maximum atomic E-state index is 13.2. The number of hydrogen-bond acceptors (Lipinski definition) is 7. The second kappa shape index (κ2) is 10.0. The van der Waals surface area contributed by atoms with E-state index in [0.29, 0.717) is 16.4 Å². The first-order valence-electron chi connectivity index (χ1n) is 10.1. The number of allylic oxidation sites excluding steroid dienone is 2. The van der Waals surface area contributed by atoms with Crippen LogP contribution in [0, 0.1) is 6.92 Å². The summed E-state index contributed by atoms with van der Waals surface area (Å²) in [5.41, 5.74) is 7.52. The Morgan fingerprint density at radius 1 is 1.35 bits per heavy atom. The van der Waals surface area contributed by atoms with Gasteiger partial charge < -0.3 is 21.1 Å². The zero-order valence-electron chi connectivity index (χ0n) is 17.8. The number of rotatable bonds is 7. The highest BCUT2D eigenvalue weighted by Gasteiger charge is 2.17. The van der Waals surface area contributed by atoms with Crippen LogP contribution in [0.15, 0.2) is 54.9 Å². The van der Waals surface area contributed by atoms with Gasteiger partial charge in [-0.1, -0.05) is 23.7 Å². The average Bonchev–Trinajstić information content (AvgIpc) is 3.16. The number of aromatic nitrogens is 2. The van der Waals surface area contributed by atoms with Gasteiger partial charge in [-0.05, 0) is 42.8 Å². The van der Waals surface area contributed by atoms with Gasteiger partial charge in [0.1, 0.15) is 11.3 Å². The molecule has 4 rings (SSSR count). The minimum Gasteiger partial charge on any atom is -0.437 e. The van der Waals surface area contributed by atoms with Crippen LogP contribution in [0.5, 0.6) is 11.6 Å². The summed E-state index contributed by atoms with van der Waals surface area (Å²) in [5, 5.41) is 6.05. The number of halogens is 2. The number of dihydropyridines is 1. The van der Waals surface area contributed by atoms with Gasteiger partial charge in [-0.25, -0.2) is 14.4 Å². The largest absolute Gasteiger partial charge is 0.437 e. The van der Waals surface area contributed by atoms with Gasteiger partial charge in [0.05, 0.1) is 17.1 Å². The van der Waals surface area contributed by atoms with Gasteiger partial charge in [0.15, 0.2) is 11.4 Å². The number of benzene rings is 1. The number of anilines is 1. The van der Waals surface area contributed by atoms with E-state index >= 15 is 0 Å². The molecule has 1 aliphatic rings. The molecule has 1 aromatic carbocycles. The van der Waals surface area contributed by atoms with E-state index in [4.69, 9.17) is 22.1 Å². The third kappa shape index (κ3) is 5.41. The first-order chi connectivity index (χ1) is 16.3. The van der Waals surface area contributed by atoms with Crippen LogP contribution < -0.4 is 21.1 Å². The van der Waals surface area contributed by atoms with Crippen molar-refractivity contribution in [2.45, 2.75) is 19.6 Å². The average molecular weight is 500 g/mol. The van der Waals surface area contributed by atoms with Crippen molar-refractivity contribution in [3.8, 4) is 11.6 Å². The maximum Gasteiger partial charge on any atom is 0.254 e. The van der Waals surface area contributed by atoms with Crippen LogP contribution >= 0.6 is 22.9 Å². The first kappa shape index (κ1) is 23.4. The SMILES string of the molecule is Cc1sc(NC(=O)Cc2ccc(Oc3ncccc3C(N)=O)c(Cl)c2)nc1C1=CNC(F)C=C1. The molecule has 0 aliphatic carbocycles. The highest BCUT2D eigenvalue weighted by molar-refractivity contribution is 7.15. The molecule has 1 aliphatic heterocycles. The van der Waals surface area contributed by atoms with Crippen molar-refractivity contribution >= 4 is 45.5 Å². The Kier molecular flexibility index (Phi) is 6.90. The second-order valence-corrected chi connectivity index (χ2v) is 8.87. The van der Waals surface area contributed by atoms with Crippen LogP contribution in [0.1, 0.15) is 26.5 Å². The van der Waals surface area contributed by atoms with Crippen molar-refractivity contribution in [2.24, 2.45) is 5.73 Å². The van der Waals surface area contributed by atoms with Crippen molar-refractivity contribution in [1.82, 2.24) is 15.3 Å². The van der Waals surface area contributed by atoms with E-state index in [-0.39, 0.29) is 34.5 Å². The smallest absolute Gasteiger partial charge is 0.254 e. The summed E-state index contributed by atoms with van der Waals surface area (Å²) in [6, 6.07) is 7.94. The Balaban J connectivity index is 1.42. The summed E-state index contributed by atoms with van der Waals surface area (Å²) >= 11 is 7.65. The molecule has 1 atom stereocenters. The number of thiazole rings is 1. The summed E-state index contributed by atoms with van der Waals surface area (Å²) < 4.78 is 18.9. The number of nitrogens with one attached hydrogen (secondary N) is 2. The Morgan fingerprint density at radius 2 is 2.18 bits per heavy atom. The molecule has 4 N–H and O–H groups in total. The highest BCUT2D eigenvalue weighted by Crippen LogP contribution is 2.32. The number of aryl methyl sites for hydroxylation is 1. The molecule has 11 heteroatoms. The molecule has 0 fully saturated rings. The van der Waals surface area contributed by atoms with Gasteiger partial charge in [-0.3, -0.25) is 9.59 Å². The minimum atomic E-state index is -1.22. The van der Waals surface area contributed by atoms with Crippen LogP contribution in [0.3, 0.4) is 0 Å². The monoisotopic (exact) mass is 499 g/mol. The number of nitrogens with zero attached hydrogens (tertiary/aromatic N) is 2. The molecule has 2 amide bonds. The van der Waals surface area contributed by atoms with Crippen LogP contribution in [-0.2, 0) is 11.2 Å². The lowest BCUT2D eigenvalue weighted by Gasteiger charge is -2.11. The topological polar surface area (TPSA) is 119 Å². The van der Waals surface area contributed by atoms with E-state index in [0.717, 1.165) is 10.5 Å². The summed E-state index contributed by atoms with van der Waals surface area (Å²) in [7, 11) is 0. The highest BCUT2D eigenvalue weighted by atomic mass is 35.5. The summed E-state index contributed by atoms with van der Waals surface area (Å²) in [6.07, 6.45) is 4.90. The number of primary amides is 1. The molecule has 3 aromatic rings. The number of carbonyl (C=O) groups excluding carboxylic acids is 2. The standard InChI is InChI=1S/C23H19ClFN5O3S/c1-12-20(14-5-7-18(25)28-11-14)30-23(34-12)29-19(31)10-13-4-6-17(16(24)9-13)33-22-15(21(26)32)3-2-8-27-22/h2-9,11,18,28H,10H2,1H3,(H2,26,32)(H,29,30,31). The molecule has 0 saturated carbocycles. The number of alkyl halides is 1. The summed E-state index contributed by atoms with van der Waals surface area (Å²) in [6.45, 7) is 1.88. The normalized spacial score (nSPS) is 14.8. The molecule has 8 nitrogen and oxygen atoms in total. The van der Waals surface area contributed by atoms with Crippen LogP contribution in [0.25, 0.3) is 5.57 Å². The van der Waals surface area contributed by atoms with Gasteiger partial charge in [-0.15, -0.1) is 11.3 Å². The van der Waals surface area contributed by atoms with Crippen LogP contribution in [-0.4, -0.2) is 28.1 Å². The maximum absolute atomic E-state index is 13.2. The van der Waals surface area contributed by atoms with Crippen molar-refractivity contribution in [1.29, 1.82) is 0 Å². The van der Waals surface area contributed by atoms with Crippen molar-refractivity contribution in [3.63, 3.8) is 0 Å². The van der Waals surface area contributed by atoms with Gasteiger partial charge >= 0.3 is 0 Å². The molecular weight excluding hydrogens is 481 g/mol. The fourth-order valence-electron chi connectivity index (χ4n) is 3.18. The van der Waals surface area contributed by atoms with Gasteiger partial charge in [-0.2, -0.15) is 0 Å². The lowest BCUT2D eigenvalue weighted by atomic mass is 10.1.